The van der Waals surface area contributed by atoms with Crippen LogP contribution in [0.3, 0.4) is 0 Å². The SMILES string of the molecule is Cc1ccc(F)c(NC(=O)C2CC(c3ccc(Br)cc3)NN2)c1. The second kappa shape index (κ2) is 6.78. The first-order valence-electron chi connectivity index (χ1n) is 7.36. The Balaban J connectivity index is 1.65. The number of amides is 1. The summed E-state index contributed by atoms with van der Waals surface area (Å²) in [5, 5.41) is 2.65. The number of hydrazine groups is 1. The van der Waals surface area contributed by atoms with Crippen LogP contribution in [0, 0.1) is 12.7 Å². The highest BCUT2D eigenvalue weighted by Gasteiger charge is 2.30. The summed E-state index contributed by atoms with van der Waals surface area (Å²) >= 11 is 3.40. The Bertz CT molecular complexity index is 720. The number of anilines is 1. The molecule has 2 unspecified atom stereocenters. The number of aryl methyl sites for hydroxylation is 1. The molecular formula is C17H17BrFN3O. The largest absolute Gasteiger partial charge is 0.322 e. The summed E-state index contributed by atoms with van der Waals surface area (Å²) in [4.78, 5) is 12.3. The molecule has 0 aromatic heterocycles. The average Bonchev–Trinajstić information content (AvgIpc) is 3.02. The standard InChI is InChI=1S/C17H17BrFN3O/c1-10-2-7-13(19)15(8-10)20-17(23)16-9-14(21-22-16)11-3-5-12(18)6-4-11/h2-8,14,16,21-22H,9H2,1H3,(H,20,23). The highest BCUT2D eigenvalue weighted by molar-refractivity contribution is 9.10. The molecule has 6 heteroatoms. The summed E-state index contributed by atoms with van der Waals surface area (Å²) < 4.78 is 14.8. The number of hydrogen-bond acceptors (Lipinski definition) is 3. The second-order valence-corrected chi connectivity index (χ2v) is 6.57. The van der Waals surface area contributed by atoms with Crippen molar-refractivity contribution in [2.24, 2.45) is 0 Å². The predicted molar refractivity (Wildman–Crippen MR) is 91.3 cm³/mol. The van der Waals surface area contributed by atoms with E-state index in [1.54, 1.807) is 12.1 Å². The summed E-state index contributed by atoms with van der Waals surface area (Å²) in [6, 6.07) is 12.2. The lowest BCUT2D eigenvalue weighted by Gasteiger charge is -2.12. The lowest BCUT2D eigenvalue weighted by Crippen LogP contribution is -2.39. The van der Waals surface area contributed by atoms with Gasteiger partial charge in [-0.05, 0) is 48.7 Å². The molecule has 1 heterocycles. The third-order valence-electron chi connectivity index (χ3n) is 3.87. The van der Waals surface area contributed by atoms with Gasteiger partial charge in [0.25, 0.3) is 0 Å². The van der Waals surface area contributed by atoms with E-state index in [4.69, 9.17) is 0 Å². The third-order valence-corrected chi connectivity index (χ3v) is 4.40. The minimum absolute atomic E-state index is 0.0428. The van der Waals surface area contributed by atoms with Gasteiger partial charge in [-0.2, -0.15) is 0 Å². The molecular weight excluding hydrogens is 361 g/mol. The quantitative estimate of drug-likeness (QED) is 0.767. The van der Waals surface area contributed by atoms with Crippen LogP contribution in [0.4, 0.5) is 10.1 Å². The lowest BCUT2D eigenvalue weighted by atomic mass is 10.0. The highest BCUT2D eigenvalue weighted by Crippen LogP contribution is 2.25. The van der Waals surface area contributed by atoms with Gasteiger partial charge in [-0.1, -0.05) is 34.1 Å². The molecule has 0 radical (unpaired) electrons. The van der Waals surface area contributed by atoms with Gasteiger partial charge in [0.05, 0.1) is 5.69 Å². The van der Waals surface area contributed by atoms with Gasteiger partial charge in [0.15, 0.2) is 0 Å². The van der Waals surface area contributed by atoms with Gasteiger partial charge in [0, 0.05) is 10.5 Å². The highest BCUT2D eigenvalue weighted by atomic mass is 79.9. The van der Waals surface area contributed by atoms with Crippen molar-refractivity contribution >= 4 is 27.5 Å². The van der Waals surface area contributed by atoms with Gasteiger partial charge >= 0.3 is 0 Å². The van der Waals surface area contributed by atoms with Crippen LogP contribution in [0.25, 0.3) is 0 Å². The van der Waals surface area contributed by atoms with Crippen molar-refractivity contribution < 1.29 is 9.18 Å². The van der Waals surface area contributed by atoms with Crippen molar-refractivity contribution in [3.63, 3.8) is 0 Å². The van der Waals surface area contributed by atoms with Gasteiger partial charge in [-0.25, -0.2) is 15.2 Å². The zero-order chi connectivity index (χ0) is 16.4. The molecule has 1 fully saturated rings. The van der Waals surface area contributed by atoms with Crippen molar-refractivity contribution in [1.29, 1.82) is 0 Å². The van der Waals surface area contributed by atoms with Crippen molar-refractivity contribution in [3.8, 4) is 0 Å². The molecule has 120 valence electrons. The molecule has 1 aliphatic rings. The molecule has 2 atom stereocenters. The minimum Gasteiger partial charge on any atom is -0.322 e. The fraction of sp³-hybridized carbons (Fsp3) is 0.235. The molecule has 1 saturated heterocycles. The Morgan fingerprint density at radius 3 is 2.70 bits per heavy atom. The maximum absolute atomic E-state index is 13.7. The first kappa shape index (κ1) is 16.1. The minimum atomic E-state index is -0.431. The number of rotatable bonds is 3. The number of carbonyl (C=O) groups is 1. The maximum Gasteiger partial charge on any atom is 0.243 e. The van der Waals surface area contributed by atoms with E-state index >= 15 is 0 Å². The predicted octanol–water partition coefficient (Wildman–Crippen LogP) is 3.44. The average molecular weight is 378 g/mol. The summed E-state index contributed by atoms with van der Waals surface area (Å²) in [6.07, 6.45) is 0.598. The van der Waals surface area contributed by atoms with E-state index in [1.807, 2.05) is 31.2 Å². The molecule has 0 bridgehead atoms. The van der Waals surface area contributed by atoms with Gasteiger partial charge < -0.3 is 5.32 Å². The number of hydrogen-bond donors (Lipinski definition) is 3. The van der Waals surface area contributed by atoms with E-state index in [0.717, 1.165) is 15.6 Å². The molecule has 23 heavy (non-hydrogen) atoms. The Hall–Kier alpha value is -1.76. The van der Waals surface area contributed by atoms with Gasteiger partial charge in [0.2, 0.25) is 5.91 Å². The molecule has 3 rings (SSSR count). The van der Waals surface area contributed by atoms with Crippen LogP contribution in [0.5, 0.6) is 0 Å². The van der Waals surface area contributed by atoms with E-state index in [9.17, 15) is 9.18 Å². The van der Waals surface area contributed by atoms with Crippen molar-refractivity contribution in [2.45, 2.75) is 25.4 Å². The zero-order valence-electron chi connectivity index (χ0n) is 12.6. The van der Waals surface area contributed by atoms with Crippen LogP contribution in [0.15, 0.2) is 46.9 Å². The summed E-state index contributed by atoms with van der Waals surface area (Å²) in [5.41, 5.74) is 8.30. The summed E-state index contributed by atoms with van der Waals surface area (Å²) in [6.45, 7) is 1.86. The molecule has 2 aromatic rings. The van der Waals surface area contributed by atoms with E-state index in [0.29, 0.717) is 6.42 Å². The third kappa shape index (κ3) is 3.77. The van der Waals surface area contributed by atoms with E-state index in [2.05, 4.69) is 32.1 Å². The molecule has 4 nitrogen and oxygen atoms in total. The first-order chi connectivity index (χ1) is 11.0. The van der Waals surface area contributed by atoms with Crippen molar-refractivity contribution in [3.05, 3.63) is 63.9 Å². The van der Waals surface area contributed by atoms with E-state index in [-0.39, 0.29) is 17.6 Å². The monoisotopic (exact) mass is 377 g/mol. The second-order valence-electron chi connectivity index (χ2n) is 5.65. The number of halogens is 2. The molecule has 1 amide bonds. The van der Waals surface area contributed by atoms with Gasteiger partial charge in [-0.3, -0.25) is 4.79 Å². The summed E-state index contributed by atoms with van der Waals surface area (Å²) in [5.74, 6) is -0.680. The topological polar surface area (TPSA) is 53.2 Å². The molecule has 0 aliphatic carbocycles. The molecule has 3 N–H and O–H groups in total. The maximum atomic E-state index is 13.7. The van der Waals surface area contributed by atoms with Crippen LogP contribution in [0.1, 0.15) is 23.6 Å². The van der Waals surface area contributed by atoms with Gasteiger partial charge in [-0.15, -0.1) is 0 Å². The lowest BCUT2D eigenvalue weighted by molar-refractivity contribution is -0.117. The van der Waals surface area contributed by atoms with E-state index in [1.165, 1.54) is 6.07 Å². The van der Waals surface area contributed by atoms with Crippen molar-refractivity contribution in [1.82, 2.24) is 10.9 Å². The molecule has 0 spiro atoms. The van der Waals surface area contributed by atoms with E-state index < -0.39 is 11.9 Å². The van der Waals surface area contributed by atoms with Crippen molar-refractivity contribution in [2.75, 3.05) is 5.32 Å². The van der Waals surface area contributed by atoms with Crippen LogP contribution in [0.2, 0.25) is 0 Å². The van der Waals surface area contributed by atoms with Crippen LogP contribution in [-0.2, 0) is 4.79 Å². The molecule has 1 aliphatic heterocycles. The molecule has 0 saturated carbocycles. The zero-order valence-corrected chi connectivity index (χ0v) is 14.2. The normalized spacial score (nSPS) is 20.5. The first-order valence-corrected chi connectivity index (χ1v) is 8.16. The van der Waals surface area contributed by atoms with Crippen LogP contribution >= 0.6 is 15.9 Å². The summed E-state index contributed by atoms with van der Waals surface area (Å²) in [7, 11) is 0. The molecule has 2 aromatic carbocycles. The fourth-order valence-corrected chi connectivity index (χ4v) is 2.86. The Kier molecular flexibility index (Phi) is 4.75. The Morgan fingerprint density at radius 1 is 1.22 bits per heavy atom. The van der Waals surface area contributed by atoms with Crippen LogP contribution < -0.4 is 16.2 Å². The Morgan fingerprint density at radius 2 is 1.96 bits per heavy atom. The smallest absolute Gasteiger partial charge is 0.243 e. The number of nitrogens with one attached hydrogen (secondary N) is 3. The van der Waals surface area contributed by atoms with Gasteiger partial charge in [0.1, 0.15) is 11.9 Å². The fourth-order valence-electron chi connectivity index (χ4n) is 2.60. The van der Waals surface area contributed by atoms with Crippen LogP contribution in [-0.4, -0.2) is 11.9 Å². The number of carbonyl (C=O) groups excluding carboxylic acids is 1. The number of benzene rings is 2. The Labute approximate surface area is 142 Å².